The van der Waals surface area contributed by atoms with Crippen molar-refractivity contribution in [3.05, 3.63) is 59.7 Å². The molecule has 0 spiro atoms. The summed E-state index contributed by atoms with van der Waals surface area (Å²) in [4.78, 5) is 37.8. The van der Waals surface area contributed by atoms with E-state index in [1.807, 2.05) is 48.5 Å². The number of carboxylic acids is 1. The third kappa shape index (κ3) is 4.55. The van der Waals surface area contributed by atoms with Gasteiger partial charge in [0.2, 0.25) is 5.91 Å². The molecule has 0 bridgehead atoms. The number of aliphatic carboxylic acids is 1. The first kappa shape index (κ1) is 20.9. The first-order chi connectivity index (χ1) is 15.0. The Bertz CT molecular complexity index is 938. The summed E-state index contributed by atoms with van der Waals surface area (Å²) in [6.07, 6.45) is 1.29. The fraction of sp³-hybridized carbons (Fsp3) is 0.375. The maximum Gasteiger partial charge on any atom is 0.407 e. The molecule has 1 aliphatic carbocycles. The van der Waals surface area contributed by atoms with Crippen molar-refractivity contribution >= 4 is 18.0 Å². The van der Waals surface area contributed by atoms with Crippen molar-refractivity contribution in [3.8, 4) is 11.1 Å². The Morgan fingerprint density at radius 2 is 1.58 bits per heavy atom. The van der Waals surface area contributed by atoms with Gasteiger partial charge in [-0.05, 0) is 41.5 Å². The molecule has 0 saturated carbocycles. The number of ether oxygens (including phenoxy) is 1. The Balaban J connectivity index is 1.34. The van der Waals surface area contributed by atoms with E-state index in [0.29, 0.717) is 0 Å². The predicted molar refractivity (Wildman–Crippen MR) is 115 cm³/mol. The summed E-state index contributed by atoms with van der Waals surface area (Å²) in [6.45, 7) is 1.55. The number of benzene rings is 2. The zero-order chi connectivity index (χ0) is 21.8. The van der Waals surface area contributed by atoms with E-state index in [1.54, 1.807) is 4.90 Å². The van der Waals surface area contributed by atoms with Crippen molar-refractivity contribution in [1.29, 1.82) is 0 Å². The molecule has 4 rings (SSSR count). The molecule has 162 valence electrons. The van der Waals surface area contributed by atoms with E-state index < -0.39 is 18.1 Å². The largest absolute Gasteiger partial charge is 0.480 e. The molecule has 1 aliphatic heterocycles. The average Bonchev–Trinajstić information content (AvgIpc) is 3.42. The minimum absolute atomic E-state index is 0.0366. The quantitative estimate of drug-likeness (QED) is 0.713. The van der Waals surface area contributed by atoms with Crippen molar-refractivity contribution in [1.82, 2.24) is 10.2 Å². The van der Waals surface area contributed by atoms with Gasteiger partial charge in [-0.1, -0.05) is 48.5 Å². The first-order valence-corrected chi connectivity index (χ1v) is 10.7. The first-order valence-electron chi connectivity index (χ1n) is 10.7. The average molecular weight is 422 g/mol. The summed E-state index contributed by atoms with van der Waals surface area (Å²) in [7, 11) is 0. The van der Waals surface area contributed by atoms with Crippen molar-refractivity contribution in [2.45, 2.75) is 37.6 Å². The standard InChI is InChI=1S/C24H26N2O5/c27-22(26-13-5-6-14-26)12-11-21(23(28)29)25-24(30)31-15-20-18-9-3-1-7-16(18)17-8-2-4-10-19(17)20/h1-4,7-10,20-21H,5-6,11-15H2,(H,25,30)(H,28,29)/t21-/m1/s1. The normalized spacial score (nSPS) is 15.8. The predicted octanol–water partition coefficient (Wildman–Crippen LogP) is 3.38. The number of likely N-dealkylation sites (tertiary alicyclic amines) is 1. The molecule has 2 aromatic rings. The van der Waals surface area contributed by atoms with Crippen LogP contribution in [0.25, 0.3) is 11.1 Å². The second-order valence-corrected chi connectivity index (χ2v) is 7.99. The molecule has 2 amide bonds. The summed E-state index contributed by atoms with van der Waals surface area (Å²) in [5.41, 5.74) is 4.41. The SMILES string of the molecule is O=C(N[C@H](CCC(=O)N1CCCC1)C(=O)O)OCC1c2ccccc2-c2ccccc21. The molecule has 1 atom stereocenters. The topological polar surface area (TPSA) is 95.9 Å². The lowest BCUT2D eigenvalue weighted by molar-refractivity contribution is -0.139. The molecule has 1 heterocycles. The Morgan fingerprint density at radius 3 is 2.16 bits per heavy atom. The third-order valence-corrected chi connectivity index (χ3v) is 6.04. The monoisotopic (exact) mass is 422 g/mol. The van der Waals surface area contributed by atoms with Crippen LogP contribution < -0.4 is 5.32 Å². The number of hydrogen-bond donors (Lipinski definition) is 2. The summed E-state index contributed by atoms with van der Waals surface area (Å²) >= 11 is 0. The van der Waals surface area contributed by atoms with Crippen LogP contribution in [0, 0.1) is 0 Å². The van der Waals surface area contributed by atoms with Crippen LogP contribution in [0.3, 0.4) is 0 Å². The van der Waals surface area contributed by atoms with Crippen LogP contribution >= 0.6 is 0 Å². The Kier molecular flexibility index (Phi) is 6.21. The molecular formula is C24H26N2O5. The van der Waals surface area contributed by atoms with Crippen LogP contribution in [0.15, 0.2) is 48.5 Å². The van der Waals surface area contributed by atoms with Crippen molar-refractivity contribution in [3.63, 3.8) is 0 Å². The molecule has 7 nitrogen and oxygen atoms in total. The van der Waals surface area contributed by atoms with Crippen molar-refractivity contribution in [2.75, 3.05) is 19.7 Å². The number of nitrogens with one attached hydrogen (secondary N) is 1. The van der Waals surface area contributed by atoms with E-state index in [4.69, 9.17) is 4.74 Å². The number of nitrogens with zero attached hydrogens (tertiary/aromatic N) is 1. The lowest BCUT2D eigenvalue weighted by Crippen LogP contribution is -2.42. The Labute approximate surface area is 181 Å². The van der Waals surface area contributed by atoms with Gasteiger partial charge in [0.25, 0.3) is 0 Å². The highest BCUT2D eigenvalue weighted by Crippen LogP contribution is 2.44. The second-order valence-electron chi connectivity index (χ2n) is 7.99. The summed E-state index contributed by atoms with van der Waals surface area (Å²) in [5.74, 6) is -1.35. The Morgan fingerprint density at radius 1 is 1.00 bits per heavy atom. The fourth-order valence-corrected chi connectivity index (χ4v) is 4.43. The van der Waals surface area contributed by atoms with Gasteiger partial charge in [-0.3, -0.25) is 4.79 Å². The molecule has 7 heteroatoms. The van der Waals surface area contributed by atoms with Gasteiger partial charge in [0, 0.05) is 25.4 Å². The number of carboxylic acid groups (broad SMARTS) is 1. The molecule has 0 unspecified atom stereocenters. The summed E-state index contributed by atoms with van der Waals surface area (Å²) < 4.78 is 5.42. The molecule has 31 heavy (non-hydrogen) atoms. The zero-order valence-corrected chi connectivity index (χ0v) is 17.3. The number of rotatable bonds is 7. The van der Waals surface area contributed by atoms with Crippen LogP contribution in [0.4, 0.5) is 4.79 Å². The molecule has 2 aliphatic rings. The van der Waals surface area contributed by atoms with E-state index in [1.165, 1.54) is 0 Å². The number of amides is 2. The van der Waals surface area contributed by atoms with Crippen molar-refractivity contribution < 1.29 is 24.2 Å². The van der Waals surface area contributed by atoms with Gasteiger partial charge in [0.15, 0.2) is 0 Å². The Hall–Kier alpha value is -3.35. The fourth-order valence-electron chi connectivity index (χ4n) is 4.43. The number of carbonyl (C=O) groups is 3. The van der Waals surface area contributed by atoms with Gasteiger partial charge in [0.05, 0.1) is 0 Å². The minimum atomic E-state index is -1.18. The molecule has 0 radical (unpaired) electrons. The highest BCUT2D eigenvalue weighted by atomic mass is 16.5. The highest BCUT2D eigenvalue weighted by molar-refractivity contribution is 5.82. The van der Waals surface area contributed by atoms with Gasteiger partial charge >= 0.3 is 12.1 Å². The van der Waals surface area contributed by atoms with E-state index >= 15 is 0 Å². The third-order valence-electron chi connectivity index (χ3n) is 6.04. The van der Waals surface area contributed by atoms with Crippen molar-refractivity contribution in [2.24, 2.45) is 0 Å². The number of carbonyl (C=O) groups excluding carboxylic acids is 2. The van der Waals surface area contributed by atoms with E-state index in [2.05, 4.69) is 5.32 Å². The summed E-state index contributed by atoms with van der Waals surface area (Å²) in [5, 5.41) is 11.8. The van der Waals surface area contributed by atoms with Crippen LogP contribution in [0.2, 0.25) is 0 Å². The smallest absolute Gasteiger partial charge is 0.407 e. The van der Waals surface area contributed by atoms with Gasteiger partial charge in [-0.2, -0.15) is 0 Å². The molecule has 1 saturated heterocycles. The highest BCUT2D eigenvalue weighted by Gasteiger charge is 2.30. The summed E-state index contributed by atoms with van der Waals surface area (Å²) in [6, 6.07) is 14.8. The van der Waals surface area contributed by atoms with Gasteiger partial charge in [-0.25, -0.2) is 9.59 Å². The lowest BCUT2D eigenvalue weighted by atomic mass is 9.98. The molecular weight excluding hydrogens is 396 g/mol. The number of alkyl carbamates (subject to hydrolysis) is 1. The van der Waals surface area contributed by atoms with Gasteiger partial charge < -0.3 is 20.1 Å². The maximum absolute atomic E-state index is 12.3. The van der Waals surface area contributed by atoms with Crippen LogP contribution in [-0.4, -0.2) is 53.7 Å². The van der Waals surface area contributed by atoms with E-state index in [9.17, 15) is 19.5 Å². The number of fused-ring (bicyclic) bond motifs is 3. The van der Waals surface area contributed by atoms with Gasteiger partial charge in [0.1, 0.15) is 12.6 Å². The molecule has 2 N–H and O–H groups in total. The maximum atomic E-state index is 12.3. The second kappa shape index (κ2) is 9.20. The van der Waals surface area contributed by atoms with E-state index in [0.717, 1.165) is 48.2 Å². The molecule has 1 fully saturated rings. The van der Waals surface area contributed by atoms with E-state index in [-0.39, 0.29) is 31.3 Å². The molecule has 2 aromatic carbocycles. The van der Waals surface area contributed by atoms with Crippen LogP contribution in [0.5, 0.6) is 0 Å². The minimum Gasteiger partial charge on any atom is -0.480 e. The number of hydrogen-bond acceptors (Lipinski definition) is 4. The zero-order valence-electron chi connectivity index (χ0n) is 17.3. The lowest BCUT2D eigenvalue weighted by Gasteiger charge is -2.19. The molecule has 0 aromatic heterocycles. The van der Waals surface area contributed by atoms with Crippen LogP contribution in [-0.2, 0) is 14.3 Å². The van der Waals surface area contributed by atoms with Gasteiger partial charge in [-0.15, -0.1) is 0 Å². The van der Waals surface area contributed by atoms with Crippen LogP contribution in [0.1, 0.15) is 42.7 Å².